The van der Waals surface area contributed by atoms with E-state index >= 15 is 0 Å². The minimum absolute atomic E-state index is 0.0900. The van der Waals surface area contributed by atoms with Gasteiger partial charge < -0.3 is 25.2 Å². The van der Waals surface area contributed by atoms with E-state index in [9.17, 15) is 14.3 Å². The second-order valence-electron chi connectivity index (χ2n) is 14.4. The van der Waals surface area contributed by atoms with E-state index in [1.807, 2.05) is 49.4 Å². The average Bonchev–Trinajstić information content (AvgIpc) is 3.03. The first-order valence-electron chi connectivity index (χ1n) is 17.0. The van der Waals surface area contributed by atoms with Crippen molar-refractivity contribution in [1.29, 1.82) is 0 Å². The zero-order valence-electron chi connectivity index (χ0n) is 29.7. The van der Waals surface area contributed by atoms with Crippen LogP contribution < -0.4 is 15.0 Å². The van der Waals surface area contributed by atoms with E-state index in [0.717, 1.165) is 76.7 Å². The Morgan fingerprint density at radius 2 is 1.65 bits per heavy atom. The highest BCUT2D eigenvalue weighted by Crippen LogP contribution is 2.42. The van der Waals surface area contributed by atoms with Gasteiger partial charge in [-0.15, -0.1) is 0 Å². The number of hydrogen-bond acceptors (Lipinski definition) is 7. The molecule has 5 rings (SSSR count). The molecule has 1 aliphatic heterocycles. The lowest BCUT2D eigenvalue weighted by Gasteiger charge is -2.40. The topological polar surface area (TPSA) is 108 Å². The largest absolute Gasteiger partial charge is 0.493 e. The molecule has 0 saturated carbocycles. The first-order chi connectivity index (χ1) is 23.2. The fourth-order valence-corrected chi connectivity index (χ4v) is 5.73. The van der Waals surface area contributed by atoms with E-state index in [0.29, 0.717) is 26.1 Å². The standard InChI is InChI=1S/C36H41FN4O3.C4H10O/c1-25-31(22-33(42)43)35(41-19-16-36(2,3)17-20-41)34(32(40-25)24-38-23-29-6-4-5-18-39-29)27-9-13-30(14-10-27)44-21-15-26-7-11-28(37)12-8-26;1-4(2,3)5/h4-14,18,38H,15-17,19-24H2,1-3H3,(H,42,43);5H,1-3H3. The van der Waals surface area contributed by atoms with Gasteiger partial charge in [0.1, 0.15) is 11.6 Å². The van der Waals surface area contributed by atoms with Gasteiger partial charge in [0, 0.05) is 55.6 Å². The van der Waals surface area contributed by atoms with E-state index in [1.165, 1.54) is 12.1 Å². The van der Waals surface area contributed by atoms with Gasteiger partial charge in [-0.05, 0) is 93.5 Å². The number of carboxylic acids is 1. The molecule has 0 radical (unpaired) electrons. The van der Waals surface area contributed by atoms with Crippen LogP contribution in [-0.4, -0.2) is 51.4 Å². The lowest BCUT2D eigenvalue weighted by molar-refractivity contribution is -0.136. The monoisotopic (exact) mass is 670 g/mol. The summed E-state index contributed by atoms with van der Waals surface area (Å²) in [6.07, 6.45) is 4.41. The minimum Gasteiger partial charge on any atom is -0.493 e. The quantitative estimate of drug-likeness (QED) is 0.142. The van der Waals surface area contributed by atoms with Crippen molar-refractivity contribution in [1.82, 2.24) is 15.3 Å². The van der Waals surface area contributed by atoms with Gasteiger partial charge >= 0.3 is 5.97 Å². The Labute approximate surface area is 290 Å². The molecule has 0 unspecified atom stereocenters. The smallest absolute Gasteiger partial charge is 0.307 e. The molecule has 3 heterocycles. The third-order valence-corrected chi connectivity index (χ3v) is 8.35. The molecule has 1 fully saturated rings. The van der Waals surface area contributed by atoms with Crippen LogP contribution in [0.3, 0.4) is 0 Å². The summed E-state index contributed by atoms with van der Waals surface area (Å²) in [4.78, 5) is 23.9. The lowest BCUT2D eigenvalue weighted by atomic mass is 9.82. The van der Waals surface area contributed by atoms with Crippen LogP contribution in [0.25, 0.3) is 11.1 Å². The Kier molecular flexibility index (Phi) is 12.9. The summed E-state index contributed by atoms with van der Waals surface area (Å²) in [5.74, 6) is -0.385. The summed E-state index contributed by atoms with van der Waals surface area (Å²) < 4.78 is 19.3. The third kappa shape index (κ3) is 11.9. The van der Waals surface area contributed by atoms with Crippen LogP contribution in [0.15, 0.2) is 72.9 Å². The number of aliphatic carboxylic acids is 1. The van der Waals surface area contributed by atoms with E-state index in [1.54, 1.807) is 39.1 Å². The number of pyridine rings is 2. The Hall–Kier alpha value is -4.34. The molecule has 0 aliphatic carbocycles. The van der Waals surface area contributed by atoms with Crippen molar-refractivity contribution in [3.8, 4) is 16.9 Å². The van der Waals surface area contributed by atoms with E-state index in [2.05, 4.69) is 29.0 Å². The van der Waals surface area contributed by atoms with Crippen molar-refractivity contribution >= 4 is 11.7 Å². The number of aliphatic hydroxyl groups is 1. The summed E-state index contributed by atoms with van der Waals surface area (Å²) >= 11 is 0. The highest BCUT2D eigenvalue weighted by molar-refractivity contribution is 5.86. The summed E-state index contributed by atoms with van der Waals surface area (Å²) in [6, 6.07) is 20.3. The summed E-state index contributed by atoms with van der Waals surface area (Å²) in [7, 11) is 0. The maximum Gasteiger partial charge on any atom is 0.307 e. The van der Waals surface area contributed by atoms with Crippen LogP contribution in [-0.2, 0) is 30.7 Å². The second kappa shape index (κ2) is 16.9. The number of halogens is 1. The van der Waals surface area contributed by atoms with Gasteiger partial charge in [0.15, 0.2) is 0 Å². The van der Waals surface area contributed by atoms with Crippen molar-refractivity contribution in [2.24, 2.45) is 5.41 Å². The number of piperidine rings is 1. The predicted octanol–water partition coefficient (Wildman–Crippen LogP) is 7.53. The number of anilines is 1. The predicted molar refractivity (Wildman–Crippen MR) is 193 cm³/mol. The van der Waals surface area contributed by atoms with Crippen molar-refractivity contribution in [2.75, 3.05) is 24.6 Å². The molecule has 0 atom stereocenters. The maximum absolute atomic E-state index is 13.2. The fourth-order valence-electron chi connectivity index (χ4n) is 5.73. The minimum atomic E-state index is -0.870. The number of aryl methyl sites for hydroxylation is 1. The van der Waals surface area contributed by atoms with Crippen molar-refractivity contribution in [3.63, 3.8) is 0 Å². The molecule has 1 aliphatic rings. The zero-order valence-corrected chi connectivity index (χ0v) is 29.7. The molecule has 3 N–H and O–H groups in total. The summed E-state index contributed by atoms with van der Waals surface area (Å²) in [5.41, 5.74) is 6.96. The molecule has 2 aromatic carbocycles. The molecular formula is C40H51FN4O4. The molecule has 0 bridgehead atoms. The second-order valence-corrected chi connectivity index (χ2v) is 14.4. The van der Waals surface area contributed by atoms with Gasteiger partial charge in [-0.25, -0.2) is 4.39 Å². The van der Waals surface area contributed by atoms with Crippen LogP contribution >= 0.6 is 0 Å². The van der Waals surface area contributed by atoms with Crippen LogP contribution in [0.5, 0.6) is 5.75 Å². The SMILES string of the molecule is CC(C)(C)O.Cc1nc(CNCc2ccccn2)c(-c2ccc(OCCc3ccc(F)cc3)cc2)c(N2CCC(C)(C)CC2)c1CC(=O)O. The number of benzene rings is 2. The third-order valence-electron chi connectivity index (χ3n) is 8.35. The Morgan fingerprint density at radius 1 is 1.00 bits per heavy atom. The zero-order chi connectivity index (χ0) is 35.6. The Bertz CT molecular complexity index is 1640. The molecule has 0 amide bonds. The highest BCUT2D eigenvalue weighted by Gasteiger charge is 2.30. The molecule has 2 aromatic heterocycles. The molecule has 1 saturated heterocycles. The van der Waals surface area contributed by atoms with Crippen LogP contribution in [0.1, 0.15) is 75.7 Å². The number of ether oxygens (including phenoxy) is 1. The Balaban J connectivity index is 0.00000101. The molecular weight excluding hydrogens is 619 g/mol. The fraction of sp³-hybridized carbons (Fsp3) is 0.425. The van der Waals surface area contributed by atoms with Gasteiger partial charge in [0.2, 0.25) is 0 Å². The first-order valence-corrected chi connectivity index (χ1v) is 17.0. The molecule has 262 valence electrons. The lowest BCUT2D eigenvalue weighted by Crippen LogP contribution is -2.38. The number of hydrogen-bond donors (Lipinski definition) is 3. The molecule has 4 aromatic rings. The number of carboxylic acid groups (broad SMARTS) is 1. The molecule has 0 spiro atoms. The maximum atomic E-state index is 13.2. The van der Waals surface area contributed by atoms with Crippen molar-refractivity contribution in [3.05, 3.63) is 107 Å². The normalized spacial score (nSPS) is 14.2. The molecule has 8 nitrogen and oxygen atoms in total. The van der Waals surface area contributed by atoms with Gasteiger partial charge in [-0.3, -0.25) is 14.8 Å². The number of nitrogens with one attached hydrogen (secondary N) is 1. The number of carbonyl (C=O) groups is 1. The summed E-state index contributed by atoms with van der Waals surface area (Å²) in [6.45, 7) is 15.0. The summed E-state index contributed by atoms with van der Waals surface area (Å²) in [5, 5.41) is 21.9. The van der Waals surface area contributed by atoms with Crippen LogP contribution in [0.2, 0.25) is 0 Å². The van der Waals surface area contributed by atoms with E-state index in [-0.39, 0.29) is 17.7 Å². The number of aromatic nitrogens is 2. The number of rotatable bonds is 12. The average molecular weight is 671 g/mol. The Morgan fingerprint density at radius 3 is 2.24 bits per heavy atom. The van der Waals surface area contributed by atoms with E-state index < -0.39 is 11.6 Å². The van der Waals surface area contributed by atoms with Gasteiger partial charge in [0.25, 0.3) is 0 Å². The highest BCUT2D eigenvalue weighted by atomic mass is 19.1. The molecule has 9 heteroatoms. The van der Waals surface area contributed by atoms with Gasteiger partial charge in [0.05, 0.1) is 35.7 Å². The molecule has 49 heavy (non-hydrogen) atoms. The van der Waals surface area contributed by atoms with Crippen molar-refractivity contribution < 1.29 is 24.1 Å². The first kappa shape index (κ1) is 37.5. The van der Waals surface area contributed by atoms with Crippen molar-refractivity contribution in [2.45, 2.75) is 85.9 Å². The van der Waals surface area contributed by atoms with Gasteiger partial charge in [-0.2, -0.15) is 0 Å². The van der Waals surface area contributed by atoms with Crippen LogP contribution in [0, 0.1) is 18.2 Å². The van der Waals surface area contributed by atoms with Gasteiger partial charge in [-0.1, -0.05) is 44.2 Å². The van der Waals surface area contributed by atoms with E-state index in [4.69, 9.17) is 14.8 Å². The van der Waals surface area contributed by atoms with Crippen LogP contribution in [0.4, 0.5) is 10.1 Å². The number of nitrogens with zero attached hydrogens (tertiary/aromatic N) is 3.